The van der Waals surface area contributed by atoms with E-state index in [9.17, 15) is 18.0 Å². The topological polar surface area (TPSA) is 95.6 Å². The maximum Gasteiger partial charge on any atom is 0.244 e. The lowest BCUT2D eigenvalue weighted by molar-refractivity contribution is -0.134. The highest BCUT2D eigenvalue weighted by molar-refractivity contribution is 7.89. The van der Waals surface area contributed by atoms with Crippen LogP contribution in [0.4, 0.5) is 5.69 Å². The molecule has 8 heteroatoms. The molecule has 0 aromatic heterocycles. The van der Waals surface area contributed by atoms with Gasteiger partial charge in [-0.15, -0.1) is 0 Å². The highest BCUT2D eigenvalue weighted by atomic mass is 32.2. The lowest BCUT2D eigenvalue weighted by Gasteiger charge is -2.24. The van der Waals surface area contributed by atoms with Gasteiger partial charge in [-0.1, -0.05) is 0 Å². The standard InChI is InChI=1S/C12H13N3O4S/c16-11-6-15(7-12(17)14-11)20(18,19)9-1-2-10-8(5-9)3-4-13-10/h1-2,5,13H,3-4,6-7H2,(H,14,16,17). The number of piperazine rings is 1. The van der Waals surface area contributed by atoms with Gasteiger partial charge < -0.3 is 5.32 Å². The smallest absolute Gasteiger partial charge is 0.244 e. The van der Waals surface area contributed by atoms with Crippen molar-refractivity contribution in [1.82, 2.24) is 9.62 Å². The Kier molecular flexibility index (Phi) is 2.98. The monoisotopic (exact) mass is 295 g/mol. The molecule has 2 heterocycles. The van der Waals surface area contributed by atoms with Gasteiger partial charge in [0.15, 0.2) is 0 Å². The molecule has 7 nitrogen and oxygen atoms in total. The molecule has 0 saturated carbocycles. The molecule has 0 spiro atoms. The molecule has 106 valence electrons. The van der Waals surface area contributed by atoms with Gasteiger partial charge in [0.2, 0.25) is 21.8 Å². The minimum Gasteiger partial charge on any atom is -0.384 e. The van der Waals surface area contributed by atoms with E-state index in [-0.39, 0.29) is 18.0 Å². The van der Waals surface area contributed by atoms with Crippen molar-refractivity contribution < 1.29 is 18.0 Å². The van der Waals surface area contributed by atoms with E-state index in [4.69, 9.17) is 0 Å². The van der Waals surface area contributed by atoms with Crippen molar-refractivity contribution in [1.29, 1.82) is 0 Å². The number of rotatable bonds is 2. The van der Waals surface area contributed by atoms with Gasteiger partial charge in [0.05, 0.1) is 18.0 Å². The van der Waals surface area contributed by atoms with Crippen LogP contribution in [0.3, 0.4) is 0 Å². The Morgan fingerprint density at radius 2 is 1.80 bits per heavy atom. The Labute approximate surface area is 116 Å². The Morgan fingerprint density at radius 3 is 2.50 bits per heavy atom. The molecule has 0 aliphatic carbocycles. The van der Waals surface area contributed by atoms with E-state index < -0.39 is 21.8 Å². The normalized spacial score (nSPS) is 19.4. The second kappa shape index (κ2) is 4.57. The molecule has 20 heavy (non-hydrogen) atoms. The van der Waals surface area contributed by atoms with Crippen molar-refractivity contribution in [2.45, 2.75) is 11.3 Å². The van der Waals surface area contributed by atoms with Crippen molar-refractivity contribution in [2.75, 3.05) is 25.0 Å². The van der Waals surface area contributed by atoms with E-state index in [0.717, 1.165) is 28.5 Å². The van der Waals surface area contributed by atoms with Crippen molar-refractivity contribution >= 4 is 27.5 Å². The maximum absolute atomic E-state index is 12.5. The predicted molar refractivity (Wildman–Crippen MR) is 70.5 cm³/mol. The van der Waals surface area contributed by atoms with Gasteiger partial charge in [0.25, 0.3) is 0 Å². The summed E-state index contributed by atoms with van der Waals surface area (Å²) in [6, 6.07) is 4.80. The third kappa shape index (κ3) is 2.16. The van der Waals surface area contributed by atoms with Crippen LogP contribution in [0.15, 0.2) is 23.1 Å². The second-order valence-electron chi connectivity index (χ2n) is 4.74. The number of anilines is 1. The summed E-state index contributed by atoms with van der Waals surface area (Å²) in [6.07, 6.45) is 0.762. The highest BCUT2D eigenvalue weighted by Gasteiger charge is 2.33. The van der Waals surface area contributed by atoms with E-state index in [1.165, 1.54) is 6.07 Å². The average Bonchev–Trinajstić information content (AvgIpc) is 2.84. The SMILES string of the molecule is O=C1CN(S(=O)(=O)c2ccc3c(c2)CCN3)CC(=O)N1. The molecule has 0 atom stereocenters. The number of benzene rings is 1. The predicted octanol–water partition coefficient (Wildman–Crippen LogP) is -0.698. The minimum absolute atomic E-state index is 0.113. The molecule has 2 aliphatic heterocycles. The first-order chi connectivity index (χ1) is 9.46. The van der Waals surface area contributed by atoms with Gasteiger partial charge in [-0.2, -0.15) is 4.31 Å². The zero-order valence-electron chi connectivity index (χ0n) is 10.5. The van der Waals surface area contributed by atoms with Crippen LogP contribution in [-0.2, 0) is 26.0 Å². The third-order valence-corrected chi connectivity index (χ3v) is 5.13. The van der Waals surface area contributed by atoms with Crippen LogP contribution in [0.5, 0.6) is 0 Å². The minimum atomic E-state index is -3.83. The van der Waals surface area contributed by atoms with E-state index in [1.54, 1.807) is 12.1 Å². The van der Waals surface area contributed by atoms with Crippen molar-refractivity contribution in [2.24, 2.45) is 0 Å². The third-order valence-electron chi connectivity index (χ3n) is 3.34. The number of hydrogen-bond donors (Lipinski definition) is 2. The van der Waals surface area contributed by atoms with Crippen LogP contribution in [0.2, 0.25) is 0 Å². The molecule has 2 amide bonds. The molecule has 1 saturated heterocycles. The Hall–Kier alpha value is -1.93. The number of imide groups is 1. The average molecular weight is 295 g/mol. The summed E-state index contributed by atoms with van der Waals surface area (Å²) in [6.45, 7) is 0.121. The van der Waals surface area contributed by atoms with Gasteiger partial charge in [-0.25, -0.2) is 8.42 Å². The van der Waals surface area contributed by atoms with Gasteiger partial charge in [0.1, 0.15) is 0 Å². The fourth-order valence-electron chi connectivity index (χ4n) is 2.37. The number of nitrogens with zero attached hydrogens (tertiary/aromatic N) is 1. The van der Waals surface area contributed by atoms with Crippen LogP contribution in [0, 0.1) is 0 Å². The quantitative estimate of drug-likeness (QED) is 0.704. The molecule has 2 aliphatic rings. The second-order valence-corrected chi connectivity index (χ2v) is 6.68. The number of hydrogen-bond acceptors (Lipinski definition) is 5. The number of sulfonamides is 1. The maximum atomic E-state index is 12.5. The Bertz CT molecular complexity index is 683. The Balaban J connectivity index is 1.95. The number of fused-ring (bicyclic) bond motifs is 1. The molecule has 0 unspecified atom stereocenters. The fraction of sp³-hybridized carbons (Fsp3) is 0.333. The number of nitrogens with one attached hydrogen (secondary N) is 2. The summed E-state index contributed by atoms with van der Waals surface area (Å²) in [5.41, 5.74) is 1.86. The largest absolute Gasteiger partial charge is 0.384 e. The lowest BCUT2D eigenvalue weighted by Crippen LogP contribution is -2.53. The highest BCUT2D eigenvalue weighted by Crippen LogP contribution is 2.26. The van der Waals surface area contributed by atoms with Gasteiger partial charge in [0, 0.05) is 12.2 Å². The Morgan fingerprint density at radius 1 is 1.10 bits per heavy atom. The summed E-state index contributed by atoms with van der Waals surface area (Å²) >= 11 is 0. The number of carbonyl (C=O) groups excluding carboxylic acids is 2. The van der Waals surface area contributed by atoms with Gasteiger partial charge >= 0.3 is 0 Å². The summed E-state index contributed by atoms with van der Waals surface area (Å²) in [7, 11) is -3.83. The molecule has 1 fully saturated rings. The molecule has 1 aromatic carbocycles. The van der Waals surface area contributed by atoms with E-state index >= 15 is 0 Å². The summed E-state index contributed by atoms with van der Waals surface area (Å²) < 4.78 is 25.8. The van der Waals surface area contributed by atoms with Crippen LogP contribution in [0.25, 0.3) is 0 Å². The first kappa shape index (κ1) is 13.1. The van der Waals surface area contributed by atoms with Crippen LogP contribution < -0.4 is 10.6 Å². The molecule has 0 radical (unpaired) electrons. The first-order valence-corrected chi connectivity index (χ1v) is 7.60. The van der Waals surface area contributed by atoms with Crippen LogP contribution >= 0.6 is 0 Å². The van der Waals surface area contributed by atoms with Crippen molar-refractivity contribution in [3.8, 4) is 0 Å². The lowest BCUT2D eigenvalue weighted by atomic mass is 10.2. The van der Waals surface area contributed by atoms with Crippen molar-refractivity contribution in [3.63, 3.8) is 0 Å². The molecule has 1 aromatic rings. The fourth-order valence-corrected chi connectivity index (χ4v) is 3.78. The molecule has 3 rings (SSSR count). The first-order valence-electron chi connectivity index (χ1n) is 6.16. The molecule has 2 N–H and O–H groups in total. The number of carbonyl (C=O) groups is 2. The van der Waals surface area contributed by atoms with Crippen LogP contribution in [0.1, 0.15) is 5.56 Å². The van der Waals surface area contributed by atoms with E-state index in [2.05, 4.69) is 10.6 Å². The van der Waals surface area contributed by atoms with E-state index in [1.807, 2.05) is 0 Å². The van der Waals surface area contributed by atoms with Gasteiger partial charge in [-0.05, 0) is 30.2 Å². The molecule has 0 bridgehead atoms. The zero-order chi connectivity index (χ0) is 14.3. The summed E-state index contributed by atoms with van der Waals surface area (Å²) in [4.78, 5) is 22.7. The van der Waals surface area contributed by atoms with Crippen molar-refractivity contribution in [3.05, 3.63) is 23.8 Å². The van der Waals surface area contributed by atoms with E-state index in [0.29, 0.717) is 0 Å². The summed E-state index contributed by atoms with van der Waals surface area (Å²) in [5, 5.41) is 5.23. The summed E-state index contributed by atoms with van der Waals surface area (Å²) in [5.74, 6) is -1.21. The van der Waals surface area contributed by atoms with Crippen LogP contribution in [-0.4, -0.2) is 44.2 Å². The number of amides is 2. The zero-order valence-corrected chi connectivity index (χ0v) is 11.4. The molecular formula is C12H13N3O4S. The molecular weight excluding hydrogens is 282 g/mol. The van der Waals surface area contributed by atoms with Gasteiger partial charge in [-0.3, -0.25) is 14.9 Å².